The summed E-state index contributed by atoms with van der Waals surface area (Å²) < 4.78 is 12.4. The van der Waals surface area contributed by atoms with Gasteiger partial charge in [-0.15, -0.1) is 13.2 Å². The zero-order valence-electron chi connectivity index (χ0n) is 27.5. The number of hydrogen-bond donors (Lipinski definition) is 1. The van der Waals surface area contributed by atoms with Crippen molar-refractivity contribution in [1.29, 1.82) is 0 Å². The largest absolute Gasteiger partial charge is 0.497 e. The number of benzene rings is 3. The lowest BCUT2D eigenvalue weighted by Crippen LogP contribution is -2.57. The van der Waals surface area contributed by atoms with Crippen molar-refractivity contribution >= 4 is 29.1 Å². The van der Waals surface area contributed by atoms with Crippen LogP contribution in [0.5, 0.6) is 5.75 Å². The maximum absolute atomic E-state index is 15.1. The number of likely N-dealkylation sites (tertiary alicyclic amines) is 1. The molecule has 9 heteroatoms. The van der Waals surface area contributed by atoms with E-state index in [4.69, 9.17) is 9.47 Å². The molecule has 0 aromatic heterocycles. The monoisotopic (exact) mass is 649 g/mol. The summed E-state index contributed by atoms with van der Waals surface area (Å²) in [4.78, 5) is 49.8. The molecule has 2 bridgehead atoms. The Morgan fingerprint density at radius 3 is 2.08 bits per heavy atom. The number of carbonyl (C=O) groups excluding carboxylic acids is 3. The third kappa shape index (κ3) is 5.22. The van der Waals surface area contributed by atoms with Gasteiger partial charge in [0.05, 0.1) is 37.2 Å². The van der Waals surface area contributed by atoms with E-state index in [9.17, 15) is 9.90 Å². The van der Waals surface area contributed by atoms with E-state index < -0.39 is 41.7 Å². The van der Waals surface area contributed by atoms with E-state index in [2.05, 4.69) is 13.2 Å². The first-order valence-electron chi connectivity index (χ1n) is 16.5. The van der Waals surface area contributed by atoms with Gasteiger partial charge in [-0.25, -0.2) is 0 Å². The molecule has 48 heavy (non-hydrogen) atoms. The topological polar surface area (TPSA) is 99.6 Å². The first-order valence-corrected chi connectivity index (χ1v) is 16.5. The zero-order valence-corrected chi connectivity index (χ0v) is 27.5. The second kappa shape index (κ2) is 13.4. The fourth-order valence-electron chi connectivity index (χ4n) is 8.26. The van der Waals surface area contributed by atoms with E-state index in [-0.39, 0.29) is 30.8 Å². The normalized spacial score (nSPS) is 26.1. The second-order valence-corrected chi connectivity index (χ2v) is 12.7. The number of nitrogens with zero attached hydrogens (tertiary/aromatic N) is 3. The van der Waals surface area contributed by atoms with Crippen LogP contribution in [0, 0.1) is 11.8 Å². The molecule has 0 saturated carbocycles. The van der Waals surface area contributed by atoms with Crippen molar-refractivity contribution in [2.45, 2.75) is 49.5 Å². The first kappa shape index (κ1) is 33.2. The Labute approximate surface area is 282 Å². The Bertz CT molecular complexity index is 1660. The highest BCUT2D eigenvalue weighted by Crippen LogP contribution is 2.65. The minimum absolute atomic E-state index is 0.169. The molecule has 3 fully saturated rings. The van der Waals surface area contributed by atoms with Crippen molar-refractivity contribution < 1.29 is 29.0 Å². The summed E-state index contributed by atoms with van der Waals surface area (Å²) >= 11 is 0. The van der Waals surface area contributed by atoms with Crippen LogP contribution in [0.4, 0.5) is 11.4 Å². The highest BCUT2D eigenvalue weighted by molar-refractivity contribution is 6.07. The van der Waals surface area contributed by atoms with Gasteiger partial charge >= 0.3 is 0 Å². The maximum Gasteiger partial charge on any atom is 0.253 e. The number of ether oxygens (including phenoxy) is 2. The summed E-state index contributed by atoms with van der Waals surface area (Å²) in [7, 11) is 1.57. The third-order valence-electron chi connectivity index (χ3n) is 10.4. The van der Waals surface area contributed by atoms with Crippen LogP contribution in [0.1, 0.15) is 37.8 Å². The van der Waals surface area contributed by atoms with Gasteiger partial charge < -0.3 is 29.3 Å². The molecule has 3 aliphatic rings. The number of amides is 3. The number of hydrogen-bond acceptors (Lipinski definition) is 6. The summed E-state index contributed by atoms with van der Waals surface area (Å²) in [6.45, 7) is 9.77. The lowest BCUT2D eigenvalue weighted by molar-refractivity contribution is -0.149. The quantitative estimate of drug-likeness (QED) is 0.252. The Kier molecular flexibility index (Phi) is 9.27. The van der Waals surface area contributed by atoms with Gasteiger partial charge in [0, 0.05) is 24.5 Å². The van der Waals surface area contributed by atoms with Crippen LogP contribution in [0.15, 0.2) is 110 Å². The summed E-state index contributed by atoms with van der Waals surface area (Å²) in [5.74, 6) is -2.14. The molecule has 3 amide bonds. The molecule has 6 rings (SSSR count). The number of fused-ring (bicyclic) bond motifs is 1. The smallest absolute Gasteiger partial charge is 0.253 e. The molecule has 3 heterocycles. The van der Waals surface area contributed by atoms with E-state index >= 15 is 9.59 Å². The molecule has 3 aliphatic heterocycles. The minimum Gasteiger partial charge on any atom is -0.497 e. The molecule has 3 saturated heterocycles. The molecule has 1 spiro atoms. The molecule has 3 aromatic carbocycles. The minimum atomic E-state index is -1.30. The fourth-order valence-corrected chi connectivity index (χ4v) is 8.26. The lowest BCUT2D eigenvalue weighted by atomic mass is 9.64. The number of rotatable bonds is 13. The first-order chi connectivity index (χ1) is 23.3. The molecule has 0 aliphatic carbocycles. The lowest BCUT2D eigenvalue weighted by Gasteiger charge is -2.39. The molecule has 250 valence electrons. The number of carbonyl (C=O) groups is 3. The Morgan fingerprint density at radius 2 is 1.52 bits per heavy atom. The van der Waals surface area contributed by atoms with Crippen molar-refractivity contribution in [2.24, 2.45) is 11.8 Å². The molecule has 1 N–H and O–H groups in total. The van der Waals surface area contributed by atoms with Gasteiger partial charge in [0.25, 0.3) is 5.91 Å². The number of aliphatic hydroxyl groups is 1. The van der Waals surface area contributed by atoms with Crippen molar-refractivity contribution in [1.82, 2.24) is 4.90 Å². The Morgan fingerprint density at radius 1 is 0.938 bits per heavy atom. The van der Waals surface area contributed by atoms with E-state index in [0.717, 1.165) is 0 Å². The number of methoxy groups -OCH3 is 1. The van der Waals surface area contributed by atoms with Gasteiger partial charge in [-0.2, -0.15) is 0 Å². The van der Waals surface area contributed by atoms with Crippen LogP contribution in [-0.2, 0) is 19.1 Å². The van der Waals surface area contributed by atoms with Crippen LogP contribution in [0.25, 0.3) is 0 Å². The number of aliphatic hydroxyl groups excluding tert-OH is 1. The summed E-state index contributed by atoms with van der Waals surface area (Å²) in [5, 5.41) is 10.9. The van der Waals surface area contributed by atoms with E-state index in [1.54, 1.807) is 53.3 Å². The molecule has 9 nitrogen and oxygen atoms in total. The van der Waals surface area contributed by atoms with Gasteiger partial charge in [0.2, 0.25) is 11.8 Å². The van der Waals surface area contributed by atoms with Gasteiger partial charge in [-0.1, -0.05) is 67.6 Å². The third-order valence-corrected chi connectivity index (χ3v) is 10.4. The maximum atomic E-state index is 15.1. The Hall–Kier alpha value is -4.73. The van der Waals surface area contributed by atoms with E-state index in [1.165, 1.54) is 4.90 Å². The number of anilines is 2. The van der Waals surface area contributed by atoms with E-state index in [0.29, 0.717) is 42.0 Å². The highest BCUT2D eigenvalue weighted by atomic mass is 16.5. The molecule has 3 aromatic rings. The molecular formula is C39H43N3O6. The van der Waals surface area contributed by atoms with Crippen molar-refractivity contribution in [3.63, 3.8) is 0 Å². The molecular weight excluding hydrogens is 606 g/mol. The van der Waals surface area contributed by atoms with Gasteiger partial charge in [0.15, 0.2) is 0 Å². The van der Waals surface area contributed by atoms with Crippen LogP contribution >= 0.6 is 0 Å². The number of para-hydroxylation sites is 1. The Balaban J connectivity index is 1.51. The summed E-state index contributed by atoms with van der Waals surface area (Å²) in [5.41, 5.74) is -0.271. The van der Waals surface area contributed by atoms with Crippen molar-refractivity contribution in [3.05, 3.63) is 116 Å². The van der Waals surface area contributed by atoms with Crippen molar-refractivity contribution in [2.75, 3.05) is 36.6 Å². The fraction of sp³-hybridized carbons (Fsp3) is 0.359. The van der Waals surface area contributed by atoms with Crippen molar-refractivity contribution in [3.8, 4) is 5.75 Å². The predicted octanol–water partition coefficient (Wildman–Crippen LogP) is 5.32. The van der Waals surface area contributed by atoms with Crippen LogP contribution in [0.3, 0.4) is 0 Å². The van der Waals surface area contributed by atoms with Crippen LogP contribution in [0.2, 0.25) is 0 Å². The standard InChI is InChI=1S/C39H43N3O6/c1-5-24-40(28-16-12-9-13-17-28)35(44)32-33-36(45)42(31(26-43)27-14-10-8-11-15-27)34(39(33)23-22-38(32,7-3)48-39)37(46)41(25-6-2)29-18-20-30(47-4)21-19-29/h5-6,8-21,31-34,43H,1-2,7,22-26H2,3-4H3/t31-,32-,33+,34?,38+,39?/m1/s1. The zero-order chi connectivity index (χ0) is 34.1. The summed E-state index contributed by atoms with van der Waals surface area (Å²) in [6.07, 6.45) is 4.72. The van der Waals surface area contributed by atoms with E-state index in [1.807, 2.05) is 67.6 Å². The molecule has 0 radical (unpaired) electrons. The van der Waals surface area contributed by atoms with Gasteiger partial charge in [-0.3, -0.25) is 14.4 Å². The molecule has 2 unspecified atom stereocenters. The SMILES string of the molecule is C=CCN(C(=O)C1N([C@H](CO)c2ccccc2)C(=O)[C@@H]2[C@H](C(=O)N(CC=C)c3ccccc3)[C@]3(CC)CCC12O3)c1ccc(OC)cc1. The summed E-state index contributed by atoms with van der Waals surface area (Å²) in [6, 6.07) is 23.7. The molecule has 6 atom stereocenters. The average molecular weight is 650 g/mol. The highest BCUT2D eigenvalue weighted by Gasteiger charge is 2.79. The van der Waals surface area contributed by atoms with Gasteiger partial charge in [0.1, 0.15) is 17.4 Å². The van der Waals surface area contributed by atoms with Crippen LogP contribution < -0.4 is 14.5 Å². The second-order valence-electron chi connectivity index (χ2n) is 12.7. The van der Waals surface area contributed by atoms with Gasteiger partial charge in [-0.05, 0) is 61.2 Å². The van der Waals surface area contributed by atoms with Crippen LogP contribution in [-0.4, -0.2) is 71.8 Å². The average Bonchev–Trinajstić information content (AvgIpc) is 3.74. The predicted molar refractivity (Wildman–Crippen MR) is 184 cm³/mol.